The Bertz CT molecular complexity index is 620. The smallest absolute Gasteiger partial charge is 0.354 e. The van der Waals surface area contributed by atoms with Crippen molar-refractivity contribution in [2.75, 3.05) is 19.5 Å². The molecule has 0 atom stereocenters. The fourth-order valence-corrected chi connectivity index (χ4v) is 1.70. The lowest BCUT2D eigenvalue weighted by atomic mass is 10.2. The Hall–Kier alpha value is -1.86. The molecule has 0 saturated carbocycles. The first-order chi connectivity index (χ1) is 9.81. The minimum Gasteiger partial charge on any atom is -0.466 e. The van der Waals surface area contributed by atoms with Crippen molar-refractivity contribution in [3.8, 4) is 0 Å². The molecule has 21 heavy (non-hydrogen) atoms. The Balaban J connectivity index is 3.25. The predicted molar refractivity (Wildman–Crippen MR) is 72.1 cm³/mol. The number of methoxy groups -OCH3 is 2. The highest BCUT2D eigenvalue weighted by atomic mass is 35.5. The summed E-state index contributed by atoms with van der Waals surface area (Å²) in [6.07, 6.45) is 0.733. The van der Waals surface area contributed by atoms with E-state index in [4.69, 9.17) is 23.2 Å². The van der Waals surface area contributed by atoms with Crippen LogP contribution in [0.4, 0.5) is 14.5 Å². The Labute approximate surface area is 128 Å². The van der Waals surface area contributed by atoms with E-state index in [1.165, 1.54) is 0 Å². The zero-order valence-electron chi connectivity index (χ0n) is 10.8. The molecule has 5 nitrogen and oxygen atoms in total. The fraction of sp³-hybridized carbons (Fsp3) is 0.167. The van der Waals surface area contributed by atoms with Gasteiger partial charge in [0.2, 0.25) is 0 Å². The summed E-state index contributed by atoms with van der Waals surface area (Å²) in [6.45, 7) is 0. The number of halogens is 4. The van der Waals surface area contributed by atoms with Crippen molar-refractivity contribution in [2.24, 2.45) is 0 Å². The van der Waals surface area contributed by atoms with E-state index in [0.29, 0.717) is 0 Å². The molecule has 1 rings (SSSR count). The van der Waals surface area contributed by atoms with E-state index in [-0.39, 0.29) is 0 Å². The maximum Gasteiger partial charge on any atom is 0.354 e. The van der Waals surface area contributed by atoms with E-state index in [2.05, 4.69) is 14.8 Å². The van der Waals surface area contributed by atoms with Gasteiger partial charge in [0.1, 0.15) is 10.7 Å². The number of rotatable bonds is 4. The average Bonchev–Trinajstić information content (AvgIpc) is 2.48. The number of ether oxygens (including phenoxy) is 2. The SMILES string of the molecule is COC(=O)/C=C(/Nc1cc(Cl)c(F)c(Cl)c1F)C(=O)OC. The van der Waals surface area contributed by atoms with E-state index >= 15 is 0 Å². The molecule has 0 amide bonds. The highest BCUT2D eigenvalue weighted by Crippen LogP contribution is 2.32. The molecule has 0 aromatic heterocycles. The molecule has 0 radical (unpaired) electrons. The molecule has 1 aromatic rings. The van der Waals surface area contributed by atoms with Gasteiger partial charge in [-0.1, -0.05) is 23.2 Å². The maximum atomic E-state index is 13.8. The molecule has 0 aliphatic heterocycles. The van der Waals surface area contributed by atoms with Gasteiger partial charge in [-0.15, -0.1) is 0 Å². The van der Waals surface area contributed by atoms with Crippen LogP contribution in [-0.4, -0.2) is 26.2 Å². The third kappa shape index (κ3) is 4.05. The monoisotopic (exact) mass is 339 g/mol. The second-order valence-corrected chi connectivity index (χ2v) is 4.33. The van der Waals surface area contributed by atoms with Gasteiger partial charge in [0, 0.05) is 0 Å². The minimum absolute atomic E-state index is 0.410. The van der Waals surface area contributed by atoms with E-state index < -0.39 is 45.0 Å². The van der Waals surface area contributed by atoms with Gasteiger partial charge in [0.05, 0.1) is 31.0 Å². The zero-order chi connectivity index (χ0) is 16.2. The van der Waals surface area contributed by atoms with Crippen LogP contribution in [0.15, 0.2) is 17.8 Å². The van der Waals surface area contributed by atoms with Gasteiger partial charge in [0.25, 0.3) is 0 Å². The summed E-state index contributed by atoms with van der Waals surface area (Å²) in [4.78, 5) is 22.6. The first kappa shape index (κ1) is 17.2. The Kier molecular flexibility index (Phi) is 5.92. The van der Waals surface area contributed by atoms with Crippen LogP contribution >= 0.6 is 23.2 Å². The largest absolute Gasteiger partial charge is 0.466 e. The first-order valence-electron chi connectivity index (χ1n) is 5.29. The minimum atomic E-state index is -1.18. The normalized spacial score (nSPS) is 11.0. The van der Waals surface area contributed by atoms with Crippen LogP contribution in [0, 0.1) is 11.6 Å². The van der Waals surface area contributed by atoms with Gasteiger partial charge in [-0.05, 0) is 6.07 Å². The number of hydrogen-bond acceptors (Lipinski definition) is 5. The topological polar surface area (TPSA) is 64.6 Å². The van der Waals surface area contributed by atoms with Crippen LogP contribution in [0.1, 0.15) is 0 Å². The van der Waals surface area contributed by atoms with Gasteiger partial charge in [-0.2, -0.15) is 0 Å². The van der Waals surface area contributed by atoms with Gasteiger partial charge in [0.15, 0.2) is 11.6 Å². The molecule has 0 heterocycles. The number of esters is 2. The molecule has 0 aliphatic carbocycles. The molecule has 1 N–H and O–H groups in total. The van der Waals surface area contributed by atoms with Crippen molar-refractivity contribution in [1.29, 1.82) is 0 Å². The number of benzene rings is 1. The van der Waals surface area contributed by atoms with Crippen molar-refractivity contribution in [2.45, 2.75) is 0 Å². The summed E-state index contributed by atoms with van der Waals surface area (Å²) in [7, 11) is 2.13. The second kappa shape index (κ2) is 7.24. The van der Waals surface area contributed by atoms with Gasteiger partial charge in [-0.25, -0.2) is 18.4 Å². The molecule has 1 aromatic carbocycles. The van der Waals surface area contributed by atoms with Gasteiger partial charge in [-0.3, -0.25) is 0 Å². The lowest BCUT2D eigenvalue weighted by Crippen LogP contribution is -2.16. The van der Waals surface area contributed by atoms with Crippen molar-refractivity contribution in [1.82, 2.24) is 0 Å². The molecular formula is C12H9Cl2F2NO4. The molecule has 0 bridgehead atoms. The molecule has 0 unspecified atom stereocenters. The zero-order valence-corrected chi connectivity index (χ0v) is 12.3. The summed E-state index contributed by atoms with van der Waals surface area (Å²) in [5.74, 6) is -4.19. The second-order valence-electron chi connectivity index (χ2n) is 3.55. The van der Waals surface area contributed by atoms with E-state index in [1.54, 1.807) is 0 Å². The van der Waals surface area contributed by atoms with Crippen LogP contribution in [0.3, 0.4) is 0 Å². The highest BCUT2D eigenvalue weighted by Gasteiger charge is 2.20. The maximum absolute atomic E-state index is 13.8. The molecule has 0 aliphatic rings. The standard InChI is InChI=1S/C12H9Cl2F2NO4/c1-20-8(18)4-7(12(19)21-2)17-6-3-5(13)10(15)9(14)11(6)16/h3-4,17H,1-2H3/b7-4+. The number of nitrogens with one attached hydrogen (secondary N) is 1. The molecule has 9 heteroatoms. The summed E-state index contributed by atoms with van der Waals surface area (Å²) >= 11 is 10.9. The summed E-state index contributed by atoms with van der Waals surface area (Å²) < 4.78 is 35.8. The quantitative estimate of drug-likeness (QED) is 0.395. The summed E-state index contributed by atoms with van der Waals surface area (Å²) in [5.41, 5.74) is -0.853. The Morgan fingerprint density at radius 1 is 1.19 bits per heavy atom. The van der Waals surface area contributed by atoms with Crippen LogP contribution < -0.4 is 5.32 Å². The van der Waals surface area contributed by atoms with E-state index in [1.807, 2.05) is 0 Å². The van der Waals surface area contributed by atoms with Crippen molar-refractivity contribution < 1.29 is 27.8 Å². The fourth-order valence-electron chi connectivity index (χ4n) is 1.24. The van der Waals surface area contributed by atoms with Crippen molar-refractivity contribution in [3.63, 3.8) is 0 Å². The van der Waals surface area contributed by atoms with E-state index in [0.717, 1.165) is 26.4 Å². The number of hydrogen-bond donors (Lipinski definition) is 1. The molecule has 114 valence electrons. The molecule has 0 spiro atoms. The third-order valence-corrected chi connectivity index (χ3v) is 2.85. The van der Waals surface area contributed by atoms with Crippen LogP contribution in [0.2, 0.25) is 10.0 Å². The lowest BCUT2D eigenvalue weighted by Gasteiger charge is -2.11. The van der Waals surface area contributed by atoms with Crippen molar-refractivity contribution >= 4 is 40.8 Å². The molecule has 0 fully saturated rings. The van der Waals surface area contributed by atoms with Gasteiger partial charge >= 0.3 is 11.9 Å². The first-order valence-corrected chi connectivity index (χ1v) is 6.05. The number of carbonyl (C=O) groups is 2. The van der Waals surface area contributed by atoms with Gasteiger partial charge < -0.3 is 14.8 Å². The predicted octanol–water partition coefficient (Wildman–Crippen LogP) is 2.91. The highest BCUT2D eigenvalue weighted by molar-refractivity contribution is 6.35. The Morgan fingerprint density at radius 2 is 1.81 bits per heavy atom. The molecular weight excluding hydrogens is 331 g/mol. The van der Waals surface area contributed by atoms with Crippen LogP contribution in [-0.2, 0) is 19.1 Å². The summed E-state index contributed by atoms with van der Waals surface area (Å²) in [5, 5.41) is 0.926. The van der Waals surface area contributed by atoms with Crippen LogP contribution in [0.25, 0.3) is 0 Å². The lowest BCUT2D eigenvalue weighted by molar-refractivity contribution is -0.138. The average molecular weight is 340 g/mol. The Morgan fingerprint density at radius 3 is 2.33 bits per heavy atom. The third-order valence-electron chi connectivity index (χ3n) is 2.24. The molecule has 0 saturated heterocycles. The number of carbonyl (C=O) groups excluding carboxylic acids is 2. The summed E-state index contributed by atoms with van der Waals surface area (Å²) in [6, 6.07) is 0.867. The van der Waals surface area contributed by atoms with E-state index in [9.17, 15) is 18.4 Å². The van der Waals surface area contributed by atoms with Crippen LogP contribution in [0.5, 0.6) is 0 Å². The van der Waals surface area contributed by atoms with Crippen molar-refractivity contribution in [3.05, 3.63) is 39.5 Å². The number of anilines is 1.